The van der Waals surface area contributed by atoms with Gasteiger partial charge < -0.3 is 10.6 Å². The highest BCUT2D eigenvalue weighted by Gasteiger charge is 2.11. The van der Waals surface area contributed by atoms with Crippen LogP contribution in [0.2, 0.25) is 5.02 Å². The zero-order valence-corrected chi connectivity index (χ0v) is 12.0. The number of rotatable bonds is 4. The van der Waals surface area contributed by atoms with Gasteiger partial charge >= 0.3 is 6.03 Å². The van der Waals surface area contributed by atoms with Crippen molar-refractivity contribution in [2.45, 2.75) is 27.2 Å². The van der Waals surface area contributed by atoms with Crippen LogP contribution in [-0.2, 0) is 6.42 Å². The van der Waals surface area contributed by atoms with E-state index >= 15 is 0 Å². The van der Waals surface area contributed by atoms with Crippen LogP contribution in [0.3, 0.4) is 0 Å². The highest BCUT2D eigenvalue weighted by molar-refractivity contribution is 6.30. The van der Waals surface area contributed by atoms with Crippen LogP contribution in [0.25, 0.3) is 0 Å². The van der Waals surface area contributed by atoms with Crippen LogP contribution in [0, 0.1) is 5.41 Å². The number of halogens is 1. The number of carbonyl (C=O) groups excluding carboxylic acids is 1. The molecule has 0 radical (unpaired) electrons. The third kappa shape index (κ3) is 6.50. The van der Waals surface area contributed by atoms with Gasteiger partial charge in [0.25, 0.3) is 0 Å². The van der Waals surface area contributed by atoms with Crippen molar-refractivity contribution in [2.24, 2.45) is 5.41 Å². The van der Waals surface area contributed by atoms with Crippen LogP contribution in [0.15, 0.2) is 24.3 Å². The molecule has 4 heteroatoms. The summed E-state index contributed by atoms with van der Waals surface area (Å²) in [4.78, 5) is 11.5. The van der Waals surface area contributed by atoms with E-state index in [0.717, 1.165) is 17.0 Å². The van der Waals surface area contributed by atoms with Crippen molar-refractivity contribution in [2.75, 3.05) is 13.1 Å². The molecule has 1 aromatic carbocycles. The smallest absolute Gasteiger partial charge is 0.314 e. The van der Waals surface area contributed by atoms with E-state index in [0.29, 0.717) is 13.1 Å². The van der Waals surface area contributed by atoms with Crippen LogP contribution in [0.4, 0.5) is 4.79 Å². The van der Waals surface area contributed by atoms with Crippen molar-refractivity contribution < 1.29 is 4.79 Å². The molecule has 2 amide bonds. The molecule has 3 nitrogen and oxygen atoms in total. The third-order valence-electron chi connectivity index (χ3n) is 2.39. The quantitative estimate of drug-likeness (QED) is 0.865. The predicted molar refractivity (Wildman–Crippen MR) is 76.0 cm³/mol. The van der Waals surface area contributed by atoms with Gasteiger partial charge in [0.05, 0.1) is 0 Å². The summed E-state index contributed by atoms with van der Waals surface area (Å²) in [5, 5.41) is 6.41. The largest absolute Gasteiger partial charge is 0.338 e. The second-order valence-corrected chi connectivity index (χ2v) is 5.98. The standard InChI is InChI=1S/C14H21ClN2O/c1-14(2,3)10-17-13(18)16-9-8-11-4-6-12(15)7-5-11/h4-7H,8-10H2,1-3H3,(H2,16,17,18). The van der Waals surface area contributed by atoms with Crippen LogP contribution in [0.1, 0.15) is 26.3 Å². The summed E-state index contributed by atoms with van der Waals surface area (Å²) in [7, 11) is 0. The number of amides is 2. The molecule has 0 saturated heterocycles. The second kappa shape index (κ2) is 6.64. The molecule has 0 heterocycles. The minimum atomic E-state index is -0.112. The summed E-state index contributed by atoms with van der Waals surface area (Å²) in [6, 6.07) is 7.54. The maximum atomic E-state index is 11.5. The van der Waals surface area contributed by atoms with Crippen LogP contribution in [-0.4, -0.2) is 19.1 Å². The summed E-state index contributed by atoms with van der Waals surface area (Å²) in [6.07, 6.45) is 0.806. The van der Waals surface area contributed by atoms with Crippen LogP contribution >= 0.6 is 11.6 Å². The van der Waals surface area contributed by atoms with E-state index < -0.39 is 0 Å². The number of carbonyl (C=O) groups is 1. The Kier molecular flexibility index (Phi) is 5.48. The molecule has 0 bridgehead atoms. The van der Waals surface area contributed by atoms with Crippen molar-refractivity contribution >= 4 is 17.6 Å². The Balaban J connectivity index is 2.21. The Morgan fingerprint density at radius 3 is 2.33 bits per heavy atom. The minimum Gasteiger partial charge on any atom is -0.338 e. The first-order chi connectivity index (χ1) is 8.37. The van der Waals surface area contributed by atoms with Crippen molar-refractivity contribution in [3.63, 3.8) is 0 Å². The number of nitrogens with one attached hydrogen (secondary N) is 2. The highest BCUT2D eigenvalue weighted by Crippen LogP contribution is 2.10. The third-order valence-corrected chi connectivity index (χ3v) is 2.64. The molecule has 18 heavy (non-hydrogen) atoms. The van der Waals surface area contributed by atoms with Gasteiger partial charge in [-0.1, -0.05) is 44.5 Å². The lowest BCUT2D eigenvalue weighted by Gasteiger charge is -2.18. The predicted octanol–water partition coefficient (Wildman–Crippen LogP) is 3.23. The molecule has 0 saturated carbocycles. The molecule has 0 unspecified atom stereocenters. The maximum Gasteiger partial charge on any atom is 0.314 e. The van der Waals surface area contributed by atoms with Gasteiger partial charge in [-0.3, -0.25) is 0 Å². The average Bonchev–Trinajstić information content (AvgIpc) is 2.28. The summed E-state index contributed by atoms with van der Waals surface area (Å²) < 4.78 is 0. The SMILES string of the molecule is CC(C)(C)CNC(=O)NCCc1ccc(Cl)cc1. The van der Waals surface area contributed by atoms with Crippen molar-refractivity contribution in [3.05, 3.63) is 34.9 Å². The molecule has 100 valence electrons. The molecule has 0 spiro atoms. The molecule has 0 aliphatic carbocycles. The first-order valence-corrected chi connectivity index (χ1v) is 6.51. The van der Waals surface area contributed by atoms with Gasteiger partial charge in [0, 0.05) is 18.1 Å². The Hall–Kier alpha value is -1.22. The van der Waals surface area contributed by atoms with Crippen LogP contribution in [0.5, 0.6) is 0 Å². The molecule has 0 aliphatic heterocycles. The molecule has 0 fully saturated rings. The fourth-order valence-corrected chi connectivity index (χ4v) is 1.51. The van der Waals surface area contributed by atoms with Crippen LogP contribution < -0.4 is 10.6 Å². The molecule has 0 atom stereocenters. The zero-order chi connectivity index (χ0) is 13.6. The monoisotopic (exact) mass is 268 g/mol. The number of urea groups is 1. The number of hydrogen-bond donors (Lipinski definition) is 2. The van der Waals surface area contributed by atoms with E-state index in [1.807, 2.05) is 24.3 Å². The van der Waals surface area contributed by atoms with Gasteiger partial charge in [-0.05, 0) is 29.5 Å². The van der Waals surface area contributed by atoms with Gasteiger partial charge in [0.1, 0.15) is 0 Å². The van der Waals surface area contributed by atoms with E-state index in [4.69, 9.17) is 11.6 Å². The van der Waals surface area contributed by atoms with Gasteiger partial charge in [-0.15, -0.1) is 0 Å². The Bertz CT molecular complexity index is 382. The van der Waals surface area contributed by atoms with Gasteiger partial charge in [-0.25, -0.2) is 4.79 Å². The Morgan fingerprint density at radius 1 is 1.17 bits per heavy atom. The number of hydrogen-bond acceptors (Lipinski definition) is 1. The first-order valence-electron chi connectivity index (χ1n) is 6.13. The normalized spacial score (nSPS) is 11.1. The fourth-order valence-electron chi connectivity index (χ4n) is 1.38. The van der Waals surface area contributed by atoms with Gasteiger partial charge in [0.15, 0.2) is 0 Å². The molecule has 1 aromatic rings. The van der Waals surface area contributed by atoms with E-state index in [1.165, 1.54) is 0 Å². The summed E-state index contributed by atoms with van der Waals surface area (Å²) in [5.41, 5.74) is 1.27. The lowest BCUT2D eigenvalue weighted by molar-refractivity contribution is 0.235. The average molecular weight is 269 g/mol. The molecular formula is C14H21ClN2O. The summed E-state index contributed by atoms with van der Waals surface area (Å²) in [6.45, 7) is 7.54. The van der Waals surface area contributed by atoms with Crippen molar-refractivity contribution in [1.82, 2.24) is 10.6 Å². The topological polar surface area (TPSA) is 41.1 Å². The molecule has 0 aliphatic rings. The Morgan fingerprint density at radius 2 is 1.78 bits per heavy atom. The minimum absolute atomic E-state index is 0.105. The van der Waals surface area contributed by atoms with Crippen molar-refractivity contribution in [1.29, 1.82) is 0 Å². The number of benzene rings is 1. The highest BCUT2D eigenvalue weighted by atomic mass is 35.5. The van der Waals surface area contributed by atoms with E-state index in [2.05, 4.69) is 31.4 Å². The summed E-state index contributed by atoms with van der Waals surface area (Å²) >= 11 is 5.80. The van der Waals surface area contributed by atoms with Gasteiger partial charge in [-0.2, -0.15) is 0 Å². The molecule has 1 rings (SSSR count). The fraction of sp³-hybridized carbons (Fsp3) is 0.500. The second-order valence-electron chi connectivity index (χ2n) is 5.55. The Labute approximate surface area is 114 Å². The van der Waals surface area contributed by atoms with E-state index in [-0.39, 0.29) is 11.4 Å². The molecule has 0 aromatic heterocycles. The lowest BCUT2D eigenvalue weighted by atomic mass is 9.97. The van der Waals surface area contributed by atoms with E-state index in [1.54, 1.807) is 0 Å². The van der Waals surface area contributed by atoms with Crippen molar-refractivity contribution in [3.8, 4) is 0 Å². The first kappa shape index (κ1) is 14.8. The van der Waals surface area contributed by atoms with E-state index in [9.17, 15) is 4.79 Å². The maximum absolute atomic E-state index is 11.5. The molecule has 2 N–H and O–H groups in total. The molecular weight excluding hydrogens is 248 g/mol. The summed E-state index contributed by atoms with van der Waals surface area (Å²) in [5.74, 6) is 0. The van der Waals surface area contributed by atoms with Gasteiger partial charge in [0.2, 0.25) is 0 Å². The zero-order valence-electron chi connectivity index (χ0n) is 11.2. The lowest BCUT2D eigenvalue weighted by Crippen LogP contribution is -2.40.